The number of pyridine rings is 1. The highest BCUT2D eigenvalue weighted by molar-refractivity contribution is 6.00. The minimum atomic E-state index is -0.478. The first-order valence-corrected chi connectivity index (χ1v) is 12.2. The Morgan fingerprint density at radius 1 is 1.18 bits per heavy atom. The van der Waals surface area contributed by atoms with Gasteiger partial charge >= 0.3 is 0 Å². The molecule has 0 saturated carbocycles. The summed E-state index contributed by atoms with van der Waals surface area (Å²) in [5.74, 6) is -0.466. The molecule has 2 aliphatic heterocycles. The molecule has 3 heterocycles. The van der Waals surface area contributed by atoms with Crippen molar-refractivity contribution in [1.29, 1.82) is 0 Å². The number of ether oxygens (including phenoxy) is 1. The molecule has 1 aromatic heterocycles. The van der Waals surface area contributed by atoms with E-state index in [1.54, 1.807) is 6.20 Å². The maximum Gasteiger partial charge on any atom is 0.256 e. The predicted molar refractivity (Wildman–Crippen MR) is 129 cm³/mol. The molecular weight excluding hydrogens is 423 g/mol. The summed E-state index contributed by atoms with van der Waals surface area (Å²) in [4.78, 5) is 30.3. The Bertz CT molecular complexity index is 1080. The fourth-order valence-corrected chi connectivity index (χ4v) is 4.72. The molecule has 1 N–H and O–H groups in total. The Balaban J connectivity index is 1.68. The number of halogens is 1. The van der Waals surface area contributed by atoms with Crippen LogP contribution in [0, 0.1) is 5.82 Å². The zero-order chi connectivity index (χ0) is 23.5. The lowest BCUT2D eigenvalue weighted by molar-refractivity contribution is 0.0950. The van der Waals surface area contributed by atoms with Crippen molar-refractivity contribution >= 4 is 22.5 Å². The summed E-state index contributed by atoms with van der Waals surface area (Å²) in [6.45, 7) is 8.06. The van der Waals surface area contributed by atoms with Crippen LogP contribution >= 0.6 is 0 Å². The van der Waals surface area contributed by atoms with Gasteiger partial charge in [-0.1, -0.05) is 32.6 Å². The highest BCUT2D eigenvalue weighted by Gasteiger charge is 2.31. The maximum atomic E-state index is 15.4. The molecule has 1 amide bonds. The van der Waals surface area contributed by atoms with E-state index < -0.39 is 17.2 Å². The van der Waals surface area contributed by atoms with E-state index in [-0.39, 0.29) is 17.0 Å². The second-order valence-electron chi connectivity index (χ2n) is 9.33. The maximum absolute atomic E-state index is 15.4. The van der Waals surface area contributed by atoms with Gasteiger partial charge in [0, 0.05) is 38.9 Å². The molecule has 0 spiro atoms. The first-order chi connectivity index (χ1) is 15.9. The number of hydrogen-bond donors (Lipinski definition) is 1. The Hall–Kier alpha value is -2.61. The summed E-state index contributed by atoms with van der Waals surface area (Å²) >= 11 is 0. The van der Waals surface area contributed by atoms with Crippen molar-refractivity contribution in [2.45, 2.75) is 52.0 Å². The third-order valence-electron chi connectivity index (χ3n) is 6.77. The monoisotopic (exact) mass is 458 g/mol. The van der Waals surface area contributed by atoms with Crippen LogP contribution in [-0.4, -0.2) is 61.8 Å². The molecule has 33 heavy (non-hydrogen) atoms. The van der Waals surface area contributed by atoms with Crippen LogP contribution in [0.1, 0.15) is 62.4 Å². The summed E-state index contributed by atoms with van der Waals surface area (Å²) in [6, 6.07) is 1.21. The number of amides is 1. The number of anilines is 1. The number of unbranched alkanes of at least 4 members (excludes halogenated alkanes) is 4. The third kappa shape index (κ3) is 4.71. The lowest BCUT2D eigenvalue weighted by atomic mass is 10.0. The van der Waals surface area contributed by atoms with Gasteiger partial charge in [0.05, 0.1) is 16.9 Å². The lowest BCUT2D eigenvalue weighted by Crippen LogP contribution is -2.45. The van der Waals surface area contributed by atoms with Crippen LogP contribution in [0.5, 0.6) is 5.75 Å². The number of piperazine rings is 1. The molecule has 7 nitrogen and oxygen atoms in total. The number of likely N-dealkylation sites (N-methyl/N-ethyl adjacent to an activating group) is 1. The number of carbonyl (C=O) groups is 1. The average molecular weight is 459 g/mol. The van der Waals surface area contributed by atoms with Crippen LogP contribution in [0.15, 0.2) is 17.1 Å². The van der Waals surface area contributed by atoms with Gasteiger partial charge in [0.1, 0.15) is 17.9 Å². The number of nitrogens with zero attached hydrogens (tertiary/aromatic N) is 3. The molecule has 0 bridgehead atoms. The quantitative estimate of drug-likeness (QED) is 0.613. The van der Waals surface area contributed by atoms with Gasteiger partial charge in [-0.25, -0.2) is 4.39 Å². The normalized spacial score (nSPS) is 18.4. The largest absolute Gasteiger partial charge is 0.487 e. The Morgan fingerprint density at radius 3 is 2.64 bits per heavy atom. The first kappa shape index (κ1) is 23.5. The van der Waals surface area contributed by atoms with E-state index in [1.807, 2.05) is 23.4 Å². The third-order valence-corrected chi connectivity index (χ3v) is 6.77. The van der Waals surface area contributed by atoms with Crippen LogP contribution in [0.2, 0.25) is 0 Å². The van der Waals surface area contributed by atoms with Crippen molar-refractivity contribution in [3.63, 3.8) is 0 Å². The van der Waals surface area contributed by atoms with Crippen molar-refractivity contribution < 1.29 is 13.9 Å². The SMILES string of the molecule is CCCCCCCNC(=O)c1cn2c3c(c(N4CCN(C)CC4)c(F)cc3c1=O)OC[C@@H]2C. The average Bonchev–Trinajstić information content (AvgIpc) is 2.80. The minimum Gasteiger partial charge on any atom is -0.487 e. The number of aromatic nitrogens is 1. The van der Waals surface area contributed by atoms with Crippen molar-refractivity contribution in [3.8, 4) is 5.75 Å². The van der Waals surface area contributed by atoms with Gasteiger partial charge in [-0.3, -0.25) is 9.59 Å². The zero-order valence-corrected chi connectivity index (χ0v) is 20.0. The molecule has 0 aliphatic carbocycles. The van der Waals surface area contributed by atoms with Crippen LogP contribution in [0.4, 0.5) is 10.1 Å². The Labute approximate surface area is 194 Å². The fourth-order valence-electron chi connectivity index (χ4n) is 4.72. The summed E-state index contributed by atoms with van der Waals surface area (Å²) in [7, 11) is 2.05. The smallest absolute Gasteiger partial charge is 0.256 e. The molecule has 0 radical (unpaired) electrons. The van der Waals surface area contributed by atoms with Gasteiger partial charge in [-0.15, -0.1) is 0 Å². The first-order valence-electron chi connectivity index (χ1n) is 12.2. The molecule has 2 aromatic rings. The highest BCUT2D eigenvalue weighted by Crippen LogP contribution is 2.42. The molecule has 0 unspecified atom stereocenters. The molecular formula is C25H35FN4O3. The van der Waals surface area contributed by atoms with Crippen molar-refractivity contribution in [1.82, 2.24) is 14.8 Å². The molecule has 1 saturated heterocycles. The van der Waals surface area contributed by atoms with Crippen molar-refractivity contribution in [3.05, 3.63) is 33.9 Å². The van der Waals surface area contributed by atoms with Crippen LogP contribution in [0.25, 0.3) is 10.9 Å². The summed E-state index contributed by atoms with van der Waals surface area (Å²) in [5.41, 5.74) is 0.597. The summed E-state index contributed by atoms with van der Waals surface area (Å²) < 4.78 is 23.3. The predicted octanol–water partition coefficient (Wildman–Crippen LogP) is 3.55. The van der Waals surface area contributed by atoms with Gasteiger partial charge < -0.3 is 24.4 Å². The number of benzene rings is 1. The minimum absolute atomic E-state index is 0.0579. The lowest BCUT2D eigenvalue weighted by Gasteiger charge is -2.37. The number of rotatable bonds is 8. The van der Waals surface area contributed by atoms with E-state index in [0.29, 0.717) is 43.2 Å². The van der Waals surface area contributed by atoms with Gasteiger partial charge in [0.15, 0.2) is 11.6 Å². The van der Waals surface area contributed by atoms with E-state index in [4.69, 9.17) is 4.74 Å². The topological polar surface area (TPSA) is 66.8 Å². The summed E-state index contributed by atoms with van der Waals surface area (Å²) in [5, 5.41) is 3.07. The second-order valence-corrected chi connectivity index (χ2v) is 9.33. The van der Waals surface area contributed by atoms with Gasteiger partial charge in [0.25, 0.3) is 5.91 Å². The second kappa shape index (κ2) is 10.1. The highest BCUT2D eigenvalue weighted by atomic mass is 19.1. The van der Waals surface area contributed by atoms with Gasteiger partial charge in [-0.2, -0.15) is 0 Å². The molecule has 180 valence electrons. The summed E-state index contributed by atoms with van der Waals surface area (Å²) in [6.07, 6.45) is 7.05. The van der Waals surface area contributed by atoms with E-state index >= 15 is 4.39 Å². The number of carbonyl (C=O) groups excluding carboxylic acids is 1. The number of nitrogens with one attached hydrogen (secondary N) is 1. The Morgan fingerprint density at radius 2 is 1.91 bits per heavy atom. The molecule has 8 heteroatoms. The fraction of sp³-hybridized carbons (Fsp3) is 0.600. The van der Waals surface area contributed by atoms with E-state index in [1.165, 1.54) is 18.9 Å². The van der Waals surface area contributed by atoms with Gasteiger partial charge in [0.2, 0.25) is 5.43 Å². The standard InChI is InChI=1S/C25H35FN4O3/c1-4-5-6-7-8-9-27-25(32)19-15-30-17(2)16-33-24-21(30)18(23(19)31)14-20(26)22(24)29-12-10-28(3)11-13-29/h14-15,17H,4-13,16H2,1-3H3,(H,27,32)/t17-/m0/s1. The molecule has 1 atom stereocenters. The van der Waals surface area contributed by atoms with Crippen molar-refractivity contribution in [2.75, 3.05) is 51.3 Å². The van der Waals surface area contributed by atoms with Crippen LogP contribution in [-0.2, 0) is 0 Å². The van der Waals surface area contributed by atoms with E-state index in [0.717, 1.165) is 32.4 Å². The van der Waals surface area contributed by atoms with Crippen LogP contribution in [0.3, 0.4) is 0 Å². The molecule has 1 fully saturated rings. The Kier molecular flexibility index (Phi) is 7.22. The molecule has 1 aromatic carbocycles. The number of hydrogen-bond acceptors (Lipinski definition) is 5. The zero-order valence-electron chi connectivity index (χ0n) is 20.0. The molecule has 4 rings (SSSR count). The van der Waals surface area contributed by atoms with Gasteiger partial charge in [-0.05, 0) is 26.5 Å². The molecule has 2 aliphatic rings. The van der Waals surface area contributed by atoms with E-state index in [2.05, 4.69) is 17.1 Å². The van der Waals surface area contributed by atoms with Crippen LogP contribution < -0.4 is 20.4 Å². The van der Waals surface area contributed by atoms with E-state index in [9.17, 15) is 9.59 Å². The van der Waals surface area contributed by atoms with Crippen molar-refractivity contribution in [2.24, 2.45) is 0 Å².